The van der Waals surface area contributed by atoms with E-state index in [2.05, 4.69) is 5.10 Å². The first-order chi connectivity index (χ1) is 7.84. The van der Waals surface area contributed by atoms with Gasteiger partial charge >= 0.3 is 5.69 Å². The van der Waals surface area contributed by atoms with Crippen LogP contribution in [0.3, 0.4) is 0 Å². The van der Waals surface area contributed by atoms with Gasteiger partial charge in [0.15, 0.2) is 0 Å². The van der Waals surface area contributed by atoms with Crippen LogP contribution in [0.5, 0.6) is 0 Å². The van der Waals surface area contributed by atoms with Crippen LogP contribution < -0.4 is 21.9 Å². The Hall–Kier alpha value is -1.63. The van der Waals surface area contributed by atoms with E-state index >= 15 is 0 Å². The number of nitrogens with zero attached hydrogens (tertiary/aromatic N) is 4. The molecule has 2 N–H and O–H groups in total. The predicted octanol–water partition coefficient (Wildman–Crippen LogP) is -1.35. The minimum Gasteiger partial charge on any atom is -0.354 e. The number of aryl methyl sites for hydroxylation is 1. The third-order valence-corrected chi connectivity index (χ3v) is 2.59. The van der Waals surface area contributed by atoms with Crippen LogP contribution in [0.4, 0.5) is 5.82 Å². The van der Waals surface area contributed by atoms with Gasteiger partial charge in [-0.05, 0) is 13.3 Å². The Labute approximate surface area is 99.5 Å². The van der Waals surface area contributed by atoms with Crippen LogP contribution in [-0.4, -0.2) is 34.0 Å². The topological polar surface area (TPSA) is 86.2 Å². The van der Waals surface area contributed by atoms with Gasteiger partial charge in [0, 0.05) is 33.7 Å². The highest BCUT2D eigenvalue weighted by Crippen LogP contribution is 2.00. The summed E-state index contributed by atoms with van der Waals surface area (Å²) >= 11 is 0. The molecule has 7 heteroatoms. The summed E-state index contributed by atoms with van der Waals surface area (Å²) in [4.78, 5) is 25.0. The lowest BCUT2D eigenvalue weighted by Gasteiger charge is -2.19. The Morgan fingerprint density at radius 2 is 2.00 bits per heavy atom. The molecule has 0 aliphatic rings. The van der Waals surface area contributed by atoms with Crippen molar-refractivity contribution in [2.24, 2.45) is 19.8 Å². The molecular weight excluding hydrogens is 222 g/mol. The van der Waals surface area contributed by atoms with Crippen molar-refractivity contribution in [1.82, 2.24) is 14.3 Å². The highest BCUT2D eigenvalue weighted by atomic mass is 16.2. The Morgan fingerprint density at radius 3 is 2.53 bits per heavy atom. The second kappa shape index (κ2) is 5.13. The molecule has 1 unspecified atom stereocenters. The van der Waals surface area contributed by atoms with Crippen molar-refractivity contribution in [3.8, 4) is 0 Å². The molecule has 96 valence electrons. The minimum absolute atomic E-state index is 0.0637. The largest absolute Gasteiger partial charge is 0.354 e. The van der Waals surface area contributed by atoms with Crippen molar-refractivity contribution in [3.05, 3.63) is 20.8 Å². The molecule has 0 aliphatic heterocycles. The molecule has 0 fully saturated rings. The Balaban J connectivity index is 3.07. The summed E-state index contributed by atoms with van der Waals surface area (Å²) in [7, 11) is 4.72. The van der Waals surface area contributed by atoms with Gasteiger partial charge in [-0.2, -0.15) is 0 Å². The molecule has 1 atom stereocenters. The Morgan fingerprint density at radius 1 is 1.41 bits per heavy atom. The molecule has 1 heterocycles. The second-order valence-electron chi connectivity index (χ2n) is 4.28. The van der Waals surface area contributed by atoms with Crippen molar-refractivity contribution < 1.29 is 0 Å². The SMILES string of the molecule is CC(N)CCN(C)c1nn(C)c(=O)n(C)c1=O. The van der Waals surface area contributed by atoms with Gasteiger partial charge in [-0.25, -0.2) is 9.48 Å². The molecule has 1 aromatic heterocycles. The molecule has 0 aromatic carbocycles. The minimum atomic E-state index is -0.431. The van der Waals surface area contributed by atoms with Gasteiger partial charge in [0.1, 0.15) is 0 Å². The van der Waals surface area contributed by atoms with E-state index in [-0.39, 0.29) is 17.4 Å². The molecular formula is C10H19N5O2. The molecule has 0 saturated heterocycles. The Bertz CT molecular complexity index is 502. The average Bonchev–Trinajstić information content (AvgIpc) is 2.28. The molecule has 1 rings (SSSR count). The van der Waals surface area contributed by atoms with Crippen LogP contribution in [0.15, 0.2) is 9.59 Å². The highest BCUT2D eigenvalue weighted by molar-refractivity contribution is 5.32. The summed E-state index contributed by atoms with van der Waals surface area (Å²) in [6.45, 7) is 2.53. The van der Waals surface area contributed by atoms with Crippen molar-refractivity contribution in [2.45, 2.75) is 19.4 Å². The number of nitrogens with two attached hydrogens (primary N) is 1. The molecule has 0 bridgehead atoms. The molecule has 1 aromatic rings. The summed E-state index contributed by atoms with van der Waals surface area (Å²) < 4.78 is 2.20. The summed E-state index contributed by atoms with van der Waals surface area (Å²) in [6, 6.07) is 0.0637. The fourth-order valence-electron chi connectivity index (χ4n) is 1.42. The van der Waals surface area contributed by atoms with E-state index in [0.717, 1.165) is 15.7 Å². The third-order valence-electron chi connectivity index (χ3n) is 2.59. The van der Waals surface area contributed by atoms with Crippen LogP contribution in [0.25, 0.3) is 0 Å². The third kappa shape index (κ3) is 2.94. The summed E-state index contributed by atoms with van der Waals surface area (Å²) in [5, 5.41) is 3.97. The first-order valence-electron chi connectivity index (χ1n) is 5.45. The van der Waals surface area contributed by atoms with Gasteiger partial charge in [0.05, 0.1) is 0 Å². The molecule has 7 nitrogen and oxygen atoms in total. The molecule has 0 amide bonds. The van der Waals surface area contributed by atoms with Crippen LogP contribution in [0.1, 0.15) is 13.3 Å². The normalized spacial score (nSPS) is 12.5. The van der Waals surface area contributed by atoms with Crippen molar-refractivity contribution >= 4 is 5.82 Å². The maximum Gasteiger partial charge on any atom is 0.346 e. The first kappa shape index (κ1) is 13.4. The standard InChI is InChI=1S/C10H19N5O2/c1-7(11)5-6-13(2)8-9(16)14(3)10(17)15(4)12-8/h7H,5-6,11H2,1-4H3. The van der Waals surface area contributed by atoms with Gasteiger partial charge in [-0.3, -0.25) is 9.36 Å². The van der Waals surface area contributed by atoms with Crippen molar-refractivity contribution in [1.29, 1.82) is 0 Å². The number of aromatic nitrogens is 3. The van der Waals surface area contributed by atoms with E-state index in [9.17, 15) is 9.59 Å². The lowest BCUT2D eigenvalue weighted by molar-refractivity contribution is 0.585. The monoisotopic (exact) mass is 241 g/mol. The van der Waals surface area contributed by atoms with E-state index in [0.29, 0.717) is 6.54 Å². The average molecular weight is 241 g/mol. The van der Waals surface area contributed by atoms with Crippen molar-refractivity contribution in [2.75, 3.05) is 18.5 Å². The van der Waals surface area contributed by atoms with Crippen LogP contribution in [0, 0.1) is 0 Å². The predicted molar refractivity (Wildman–Crippen MR) is 66.3 cm³/mol. The molecule has 17 heavy (non-hydrogen) atoms. The van der Waals surface area contributed by atoms with Crippen LogP contribution in [-0.2, 0) is 14.1 Å². The Kier molecular flexibility index (Phi) is 4.06. The zero-order valence-electron chi connectivity index (χ0n) is 10.7. The van der Waals surface area contributed by atoms with E-state index in [1.807, 2.05) is 6.92 Å². The number of hydrogen-bond acceptors (Lipinski definition) is 5. The van der Waals surface area contributed by atoms with Gasteiger partial charge < -0.3 is 10.6 Å². The van der Waals surface area contributed by atoms with Gasteiger partial charge in [-0.15, -0.1) is 5.10 Å². The maximum absolute atomic E-state index is 11.8. The summed E-state index contributed by atoms with van der Waals surface area (Å²) in [5.74, 6) is 0.259. The highest BCUT2D eigenvalue weighted by Gasteiger charge is 2.12. The number of hydrogen-bond donors (Lipinski definition) is 1. The number of anilines is 1. The zero-order valence-corrected chi connectivity index (χ0v) is 10.7. The second-order valence-corrected chi connectivity index (χ2v) is 4.28. The maximum atomic E-state index is 11.8. The summed E-state index contributed by atoms with van der Waals surface area (Å²) in [6.07, 6.45) is 0.754. The van der Waals surface area contributed by atoms with E-state index in [4.69, 9.17) is 5.73 Å². The van der Waals surface area contributed by atoms with E-state index in [1.165, 1.54) is 14.1 Å². The smallest absolute Gasteiger partial charge is 0.346 e. The molecule has 0 saturated carbocycles. The summed E-state index contributed by atoms with van der Waals surface area (Å²) in [5.41, 5.74) is 4.84. The zero-order chi connectivity index (χ0) is 13.2. The van der Waals surface area contributed by atoms with Crippen LogP contribution >= 0.6 is 0 Å². The van der Waals surface area contributed by atoms with Gasteiger partial charge in [0.2, 0.25) is 5.82 Å². The lowest BCUT2D eigenvalue weighted by atomic mass is 10.2. The first-order valence-corrected chi connectivity index (χ1v) is 5.45. The van der Waals surface area contributed by atoms with Gasteiger partial charge in [0.25, 0.3) is 5.56 Å². The van der Waals surface area contributed by atoms with E-state index in [1.54, 1.807) is 11.9 Å². The molecule has 0 spiro atoms. The quantitative estimate of drug-likeness (QED) is 0.704. The van der Waals surface area contributed by atoms with Gasteiger partial charge in [-0.1, -0.05) is 0 Å². The van der Waals surface area contributed by atoms with Crippen LogP contribution in [0.2, 0.25) is 0 Å². The van der Waals surface area contributed by atoms with E-state index < -0.39 is 5.69 Å². The lowest BCUT2D eigenvalue weighted by Crippen LogP contribution is -2.42. The fourth-order valence-corrected chi connectivity index (χ4v) is 1.42. The fraction of sp³-hybridized carbons (Fsp3) is 0.700. The van der Waals surface area contributed by atoms with Crippen molar-refractivity contribution in [3.63, 3.8) is 0 Å². The molecule has 0 radical (unpaired) electrons. The number of rotatable bonds is 4. The molecule has 0 aliphatic carbocycles.